The molecule has 0 spiro atoms. The molecule has 3 unspecified atom stereocenters. The van der Waals surface area contributed by atoms with Crippen LogP contribution in [-0.4, -0.2) is 49.4 Å². The molecule has 5 heteroatoms. The zero-order valence-corrected chi connectivity index (χ0v) is 12.2. The van der Waals surface area contributed by atoms with E-state index in [4.69, 9.17) is 15.2 Å². The zero-order valence-electron chi connectivity index (χ0n) is 12.2. The molecule has 2 fully saturated rings. The molecule has 3 atom stereocenters. The van der Waals surface area contributed by atoms with Crippen LogP contribution in [0, 0.1) is 17.8 Å². The van der Waals surface area contributed by atoms with Gasteiger partial charge in [-0.25, -0.2) is 4.79 Å². The molecule has 0 saturated carbocycles. The van der Waals surface area contributed by atoms with Gasteiger partial charge >= 0.3 is 6.09 Å². The molecular weight excluding hydrogens is 244 g/mol. The molecule has 2 aliphatic rings. The van der Waals surface area contributed by atoms with Crippen molar-refractivity contribution in [3.8, 4) is 0 Å². The SMILES string of the molecule is CC(C)(C)OC(=O)N1CC(CN)C(C2CCOC2)C1. The van der Waals surface area contributed by atoms with Gasteiger partial charge in [-0.2, -0.15) is 0 Å². The lowest BCUT2D eigenvalue weighted by molar-refractivity contribution is 0.0280. The minimum Gasteiger partial charge on any atom is -0.444 e. The van der Waals surface area contributed by atoms with Crippen LogP contribution in [0.3, 0.4) is 0 Å². The van der Waals surface area contributed by atoms with E-state index in [2.05, 4.69) is 0 Å². The van der Waals surface area contributed by atoms with Crippen molar-refractivity contribution in [2.45, 2.75) is 32.8 Å². The fourth-order valence-electron chi connectivity index (χ4n) is 3.05. The molecule has 5 nitrogen and oxygen atoms in total. The lowest BCUT2D eigenvalue weighted by Crippen LogP contribution is -2.36. The van der Waals surface area contributed by atoms with Gasteiger partial charge in [-0.05, 0) is 51.5 Å². The first kappa shape index (κ1) is 14.6. The fourth-order valence-corrected chi connectivity index (χ4v) is 3.05. The Morgan fingerprint density at radius 2 is 2.16 bits per heavy atom. The van der Waals surface area contributed by atoms with Gasteiger partial charge in [-0.3, -0.25) is 0 Å². The summed E-state index contributed by atoms with van der Waals surface area (Å²) in [6, 6.07) is 0. The number of carbonyl (C=O) groups is 1. The van der Waals surface area contributed by atoms with E-state index in [0.29, 0.717) is 30.8 Å². The monoisotopic (exact) mass is 270 g/mol. The van der Waals surface area contributed by atoms with E-state index >= 15 is 0 Å². The van der Waals surface area contributed by atoms with Crippen molar-refractivity contribution >= 4 is 6.09 Å². The number of rotatable bonds is 2. The van der Waals surface area contributed by atoms with Crippen molar-refractivity contribution in [3.05, 3.63) is 0 Å². The Kier molecular flexibility index (Phi) is 4.36. The first-order valence-corrected chi connectivity index (χ1v) is 7.16. The molecule has 0 aromatic rings. The lowest BCUT2D eigenvalue weighted by Gasteiger charge is -2.25. The number of likely N-dealkylation sites (tertiary alicyclic amines) is 1. The van der Waals surface area contributed by atoms with Crippen LogP contribution in [0.25, 0.3) is 0 Å². The highest BCUT2D eigenvalue weighted by Gasteiger charge is 2.41. The molecular formula is C14H26N2O3. The average Bonchev–Trinajstić information content (AvgIpc) is 2.95. The van der Waals surface area contributed by atoms with Gasteiger partial charge in [0.2, 0.25) is 0 Å². The Balaban J connectivity index is 1.96. The summed E-state index contributed by atoms with van der Waals surface area (Å²) in [6.07, 6.45) is 0.871. The van der Waals surface area contributed by atoms with Crippen molar-refractivity contribution in [3.63, 3.8) is 0 Å². The van der Waals surface area contributed by atoms with Crippen molar-refractivity contribution in [2.24, 2.45) is 23.5 Å². The van der Waals surface area contributed by atoms with Crippen molar-refractivity contribution in [1.82, 2.24) is 4.90 Å². The molecule has 0 bridgehead atoms. The molecule has 2 saturated heterocycles. The number of amides is 1. The Labute approximate surface area is 115 Å². The number of hydrogen-bond donors (Lipinski definition) is 1. The van der Waals surface area contributed by atoms with Gasteiger partial charge in [0.25, 0.3) is 0 Å². The van der Waals surface area contributed by atoms with E-state index in [1.165, 1.54) is 0 Å². The van der Waals surface area contributed by atoms with Gasteiger partial charge in [0.1, 0.15) is 5.60 Å². The van der Waals surface area contributed by atoms with Crippen LogP contribution in [0.1, 0.15) is 27.2 Å². The van der Waals surface area contributed by atoms with Crippen molar-refractivity contribution in [2.75, 3.05) is 32.8 Å². The van der Waals surface area contributed by atoms with Gasteiger partial charge < -0.3 is 20.1 Å². The van der Waals surface area contributed by atoms with E-state index in [1.807, 2.05) is 25.7 Å². The molecule has 1 amide bonds. The van der Waals surface area contributed by atoms with E-state index in [0.717, 1.165) is 26.2 Å². The second-order valence-corrected chi connectivity index (χ2v) is 6.67. The van der Waals surface area contributed by atoms with E-state index in [-0.39, 0.29) is 6.09 Å². The molecule has 0 aromatic heterocycles. The maximum atomic E-state index is 12.1. The molecule has 2 aliphatic heterocycles. The molecule has 110 valence electrons. The second-order valence-electron chi connectivity index (χ2n) is 6.67. The topological polar surface area (TPSA) is 64.8 Å². The number of hydrogen-bond acceptors (Lipinski definition) is 4. The van der Waals surface area contributed by atoms with Crippen LogP contribution in [0.5, 0.6) is 0 Å². The normalized spacial score (nSPS) is 31.8. The van der Waals surface area contributed by atoms with E-state index < -0.39 is 5.60 Å². The Hall–Kier alpha value is -0.810. The van der Waals surface area contributed by atoms with Crippen LogP contribution in [0.15, 0.2) is 0 Å². The van der Waals surface area contributed by atoms with E-state index in [9.17, 15) is 4.79 Å². The summed E-state index contributed by atoms with van der Waals surface area (Å²) in [7, 11) is 0. The highest BCUT2D eigenvalue weighted by atomic mass is 16.6. The summed E-state index contributed by atoms with van der Waals surface area (Å²) >= 11 is 0. The van der Waals surface area contributed by atoms with Crippen molar-refractivity contribution in [1.29, 1.82) is 0 Å². The number of carbonyl (C=O) groups excluding carboxylic acids is 1. The minimum absolute atomic E-state index is 0.215. The predicted molar refractivity (Wildman–Crippen MR) is 72.8 cm³/mol. The van der Waals surface area contributed by atoms with Crippen LogP contribution >= 0.6 is 0 Å². The summed E-state index contributed by atoms with van der Waals surface area (Å²) in [4.78, 5) is 13.9. The number of nitrogens with zero attached hydrogens (tertiary/aromatic N) is 1. The second kappa shape index (κ2) is 5.67. The summed E-state index contributed by atoms with van der Waals surface area (Å²) in [5.74, 6) is 1.38. The average molecular weight is 270 g/mol. The third kappa shape index (κ3) is 3.60. The Morgan fingerprint density at radius 1 is 1.42 bits per heavy atom. The summed E-state index contributed by atoms with van der Waals surface area (Å²) in [5.41, 5.74) is 5.42. The largest absolute Gasteiger partial charge is 0.444 e. The quantitative estimate of drug-likeness (QED) is 0.825. The van der Waals surface area contributed by atoms with Crippen molar-refractivity contribution < 1.29 is 14.3 Å². The van der Waals surface area contributed by atoms with Crippen LogP contribution in [0.2, 0.25) is 0 Å². The van der Waals surface area contributed by atoms with Gasteiger partial charge in [0.15, 0.2) is 0 Å². The molecule has 2 rings (SSSR count). The fraction of sp³-hybridized carbons (Fsp3) is 0.929. The third-order valence-corrected chi connectivity index (χ3v) is 4.02. The minimum atomic E-state index is -0.441. The molecule has 2 N–H and O–H groups in total. The molecule has 0 radical (unpaired) electrons. The first-order chi connectivity index (χ1) is 8.90. The summed E-state index contributed by atoms with van der Waals surface area (Å²) in [6.45, 7) is 9.42. The Morgan fingerprint density at radius 3 is 2.68 bits per heavy atom. The standard InChI is InChI=1S/C14H26N2O3/c1-14(2,3)19-13(17)16-7-11(6-15)12(8-16)10-4-5-18-9-10/h10-12H,4-9,15H2,1-3H3. The summed E-state index contributed by atoms with van der Waals surface area (Å²) < 4.78 is 10.9. The number of ether oxygens (including phenoxy) is 2. The van der Waals surface area contributed by atoms with Gasteiger partial charge in [-0.1, -0.05) is 0 Å². The number of nitrogens with two attached hydrogens (primary N) is 1. The maximum Gasteiger partial charge on any atom is 0.410 e. The van der Waals surface area contributed by atoms with Crippen LogP contribution in [0.4, 0.5) is 4.79 Å². The maximum absolute atomic E-state index is 12.1. The van der Waals surface area contributed by atoms with Gasteiger partial charge in [0.05, 0.1) is 0 Å². The van der Waals surface area contributed by atoms with Gasteiger partial charge in [-0.15, -0.1) is 0 Å². The molecule has 0 aromatic carbocycles. The Bertz CT molecular complexity index is 321. The highest BCUT2D eigenvalue weighted by Crippen LogP contribution is 2.34. The summed E-state index contributed by atoms with van der Waals surface area (Å²) in [5, 5.41) is 0. The first-order valence-electron chi connectivity index (χ1n) is 7.16. The molecule has 0 aliphatic carbocycles. The smallest absolute Gasteiger partial charge is 0.410 e. The highest BCUT2D eigenvalue weighted by molar-refractivity contribution is 5.68. The zero-order chi connectivity index (χ0) is 14.0. The predicted octanol–water partition coefficient (Wildman–Crippen LogP) is 1.46. The van der Waals surface area contributed by atoms with Crippen LogP contribution in [-0.2, 0) is 9.47 Å². The molecule has 2 heterocycles. The van der Waals surface area contributed by atoms with Crippen LogP contribution < -0.4 is 5.73 Å². The molecule has 19 heavy (non-hydrogen) atoms. The lowest BCUT2D eigenvalue weighted by atomic mass is 9.83. The van der Waals surface area contributed by atoms with Gasteiger partial charge in [0, 0.05) is 26.3 Å². The van der Waals surface area contributed by atoms with E-state index in [1.54, 1.807) is 0 Å². The third-order valence-electron chi connectivity index (χ3n) is 4.02.